The number of hydrogen-bond donors (Lipinski definition) is 2. The molecule has 0 atom stereocenters. The van der Waals surface area contributed by atoms with Crippen molar-refractivity contribution in [2.24, 2.45) is 5.73 Å². The summed E-state index contributed by atoms with van der Waals surface area (Å²) < 4.78 is 4.46. The largest absolute Gasteiger partial charge is 0.445 e. The van der Waals surface area contributed by atoms with Crippen molar-refractivity contribution in [2.75, 3.05) is 13.2 Å². The molecule has 0 aromatic carbocycles. The number of carbonyl (C=O) groups excluding carboxylic acids is 1. The van der Waals surface area contributed by atoms with Crippen molar-refractivity contribution in [1.82, 2.24) is 0 Å². The van der Waals surface area contributed by atoms with Gasteiger partial charge in [-0.1, -0.05) is 18.7 Å². The highest BCUT2D eigenvalue weighted by molar-refractivity contribution is 5.64. The number of rotatable bonds is 5. The number of ether oxygens (including phenoxy) is 1. The van der Waals surface area contributed by atoms with E-state index < -0.39 is 6.09 Å². The summed E-state index contributed by atoms with van der Waals surface area (Å²) in [5, 5.41) is 8.41. The van der Waals surface area contributed by atoms with E-state index in [0.29, 0.717) is 12.0 Å². The predicted molar refractivity (Wildman–Crippen MR) is 45.5 cm³/mol. The Morgan fingerprint density at radius 1 is 1.67 bits per heavy atom. The molecule has 4 nitrogen and oxygen atoms in total. The van der Waals surface area contributed by atoms with Gasteiger partial charge in [0.25, 0.3) is 0 Å². The average molecular weight is 171 g/mol. The van der Waals surface area contributed by atoms with E-state index in [2.05, 4.69) is 11.3 Å². The molecule has 0 spiro atoms. The maximum absolute atomic E-state index is 10.1. The minimum atomic E-state index is -0.813. The molecule has 0 radical (unpaired) electrons. The summed E-state index contributed by atoms with van der Waals surface area (Å²) in [4.78, 5) is 10.1. The maximum Gasteiger partial charge on any atom is 0.404 e. The molecule has 12 heavy (non-hydrogen) atoms. The minimum absolute atomic E-state index is 0.0945. The molecular formula is C8H13NO3. The van der Waals surface area contributed by atoms with Crippen molar-refractivity contribution in [1.29, 1.82) is 0 Å². The number of aliphatic hydroxyl groups excluding tert-OH is 1. The quantitative estimate of drug-likeness (QED) is 0.594. The van der Waals surface area contributed by atoms with Crippen molar-refractivity contribution < 1.29 is 14.6 Å². The molecule has 68 valence electrons. The molecule has 0 rings (SSSR count). The third-order valence-corrected chi connectivity index (χ3v) is 1.05. The molecule has 0 saturated carbocycles. The summed E-state index contributed by atoms with van der Waals surface area (Å²) in [6, 6.07) is 0. The van der Waals surface area contributed by atoms with Crippen LogP contribution in [0.1, 0.15) is 6.42 Å². The van der Waals surface area contributed by atoms with E-state index in [9.17, 15) is 4.79 Å². The topological polar surface area (TPSA) is 72.6 Å². The van der Waals surface area contributed by atoms with Gasteiger partial charge in [0.05, 0.1) is 0 Å². The molecule has 0 unspecified atom stereocenters. The molecule has 0 aliphatic heterocycles. The second-order valence-electron chi connectivity index (χ2n) is 2.18. The van der Waals surface area contributed by atoms with Crippen LogP contribution in [0.2, 0.25) is 0 Å². The zero-order chi connectivity index (χ0) is 9.40. The van der Waals surface area contributed by atoms with Crippen molar-refractivity contribution in [3.05, 3.63) is 24.3 Å². The Morgan fingerprint density at radius 3 is 2.83 bits per heavy atom. The summed E-state index contributed by atoms with van der Waals surface area (Å²) >= 11 is 0. The van der Waals surface area contributed by atoms with E-state index >= 15 is 0 Å². The van der Waals surface area contributed by atoms with Crippen LogP contribution in [0.3, 0.4) is 0 Å². The van der Waals surface area contributed by atoms with Gasteiger partial charge in [0, 0.05) is 6.61 Å². The number of nitrogens with two attached hydrogens (primary N) is 1. The third kappa shape index (κ3) is 6.82. The Morgan fingerprint density at radius 2 is 2.33 bits per heavy atom. The highest BCUT2D eigenvalue weighted by atomic mass is 16.5. The predicted octanol–water partition coefficient (Wildman–Crippen LogP) is 0.577. The third-order valence-electron chi connectivity index (χ3n) is 1.05. The molecule has 0 aliphatic carbocycles. The highest BCUT2D eigenvalue weighted by Gasteiger charge is 1.93. The smallest absolute Gasteiger partial charge is 0.404 e. The van der Waals surface area contributed by atoms with E-state index in [1.165, 1.54) is 0 Å². The summed E-state index contributed by atoms with van der Waals surface area (Å²) in [5.41, 5.74) is 5.37. The lowest BCUT2D eigenvalue weighted by Crippen LogP contribution is -2.14. The van der Waals surface area contributed by atoms with Crippen molar-refractivity contribution >= 4 is 6.09 Å². The molecule has 0 heterocycles. The molecule has 1 amide bonds. The Labute approximate surface area is 71.3 Å². The Hall–Kier alpha value is -1.29. The fourth-order valence-electron chi connectivity index (χ4n) is 0.536. The lowest BCUT2D eigenvalue weighted by molar-refractivity contribution is 0.167. The zero-order valence-corrected chi connectivity index (χ0v) is 6.82. The van der Waals surface area contributed by atoms with Crippen LogP contribution in [0.5, 0.6) is 0 Å². The summed E-state index contributed by atoms with van der Waals surface area (Å²) in [5.74, 6) is 0. The summed E-state index contributed by atoms with van der Waals surface area (Å²) in [6.45, 7) is 3.79. The van der Waals surface area contributed by atoms with Crippen LogP contribution in [0.4, 0.5) is 4.79 Å². The van der Waals surface area contributed by atoms with Gasteiger partial charge >= 0.3 is 6.09 Å². The van der Waals surface area contributed by atoms with E-state index in [1.54, 1.807) is 12.2 Å². The molecule has 0 aliphatic rings. The number of primary amides is 1. The number of aliphatic hydroxyl groups is 1. The van der Waals surface area contributed by atoms with Gasteiger partial charge in [0.15, 0.2) is 0 Å². The Balaban J connectivity index is 3.52. The van der Waals surface area contributed by atoms with Crippen molar-refractivity contribution in [3.8, 4) is 0 Å². The molecule has 3 N–H and O–H groups in total. The fourth-order valence-corrected chi connectivity index (χ4v) is 0.536. The van der Waals surface area contributed by atoms with E-state index in [-0.39, 0.29) is 13.2 Å². The van der Waals surface area contributed by atoms with Crippen LogP contribution in [0.15, 0.2) is 24.3 Å². The van der Waals surface area contributed by atoms with Crippen LogP contribution in [-0.4, -0.2) is 24.4 Å². The molecule has 0 fully saturated rings. The second-order valence-corrected chi connectivity index (χ2v) is 2.18. The van der Waals surface area contributed by atoms with Gasteiger partial charge in [-0.3, -0.25) is 0 Å². The monoisotopic (exact) mass is 171 g/mol. The molecule has 0 aromatic heterocycles. The minimum Gasteiger partial charge on any atom is -0.445 e. The highest BCUT2D eigenvalue weighted by Crippen LogP contribution is 1.95. The number of carbonyl (C=O) groups is 1. The Kier molecular flexibility index (Phi) is 5.73. The van der Waals surface area contributed by atoms with Gasteiger partial charge in [-0.2, -0.15) is 0 Å². The van der Waals surface area contributed by atoms with Gasteiger partial charge in [-0.15, -0.1) is 0 Å². The first-order chi connectivity index (χ1) is 5.66. The van der Waals surface area contributed by atoms with Gasteiger partial charge in [0.1, 0.15) is 6.61 Å². The first-order valence-electron chi connectivity index (χ1n) is 3.54. The lowest BCUT2D eigenvalue weighted by atomic mass is 10.3. The molecular weight excluding hydrogens is 158 g/mol. The molecule has 4 heteroatoms. The number of hydrogen-bond acceptors (Lipinski definition) is 3. The SMILES string of the molecule is C=C(/C=C/CCO)COC(N)=O. The van der Waals surface area contributed by atoms with Crippen LogP contribution in [0.25, 0.3) is 0 Å². The fraction of sp³-hybridized carbons (Fsp3) is 0.375. The molecule has 0 saturated heterocycles. The normalized spacial score (nSPS) is 10.1. The standard InChI is InChI=1S/C8H13NO3/c1-7(4-2-3-5-10)6-12-8(9)11/h2,4,10H,1,3,5-6H2,(H2,9,11)/b4-2+. The van der Waals surface area contributed by atoms with Gasteiger partial charge < -0.3 is 15.6 Å². The van der Waals surface area contributed by atoms with E-state index in [0.717, 1.165) is 0 Å². The summed E-state index contributed by atoms with van der Waals surface area (Å²) in [6.07, 6.45) is 3.17. The van der Waals surface area contributed by atoms with E-state index in [4.69, 9.17) is 10.8 Å². The van der Waals surface area contributed by atoms with Gasteiger partial charge in [0.2, 0.25) is 0 Å². The Bertz CT molecular complexity index is 187. The lowest BCUT2D eigenvalue weighted by Gasteiger charge is -1.99. The average Bonchev–Trinajstić information content (AvgIpc) is 2.01. The zero-order valence-electron chi connectivity index (χ0n) is 6.82. The van der Waals surface area contributed by atoms with Crippen LogP contribution in [0, 0.1) is 0 Å². The molecule has 0 bridgehead atoms. The number of amides is 1. The van der Waals surface area contributed by atoms with Gasteiger partial charge in [-0.05, 0) is 12.0 Å². The maximum atomic E-state index is 10.1. The summed E-state index contributed by atoms with van der Waals surface area (Å²) in [7, 11) is 0. The van der Waals surface area contributed by atoms with Crippen LogP contribution in [-0.2, 0) is 4.74 Å². The first-order valence-corrected chi connectivity index (χ1v) is 3.54. The van der Waals surface area contributed by atoms with Crippen molar-refractivity contribution in [2.45, 2.75) is 6.42 Å². The van der Waals surface area contributed by atoms with Crippen LogP contribution >= 0.6 is 0 Å². The second kappa shape index (κ2) is 6.42. The van der Waals surface area contributed by atoms with Crippen molar-refractivity contribution in [3.63, 3.8) is 0 Å². The first kappa shape index (κ1) is 10.7. The van der Waals surface area contributed by atoms with Crippen LogP contribution < -0.4 is 5.73 Å². The molecule has 0 aromatic rings. The van der Waals surface area contributed by atoms with Gasteiger partial charge in [-0.25, -0.2) is 4.79 Å². The van der Waals surface area contributed by atoms with E-state index in [1.807, 2.05) is 0 Å².